The summed E-state index contributed by atoms with van der Waals surface area (Å²) < 4.78 is 0. The minimum Gasteiger partial charge on any atom is -0.333 e. The average molecular weight is 332 g/mol. The maximum absolute atomic E-state index is 12.9. The molecule has 2 amide bonds. The molecule has 132 valence electrons. The summed E-state index contributed by atoms with van der Waals surface area (Å²) in [6.45, 7) is 5.81. The molecule has 0 bridgehead atoms. The highest BCUT2D eigenvalue weighted by atomic mass is 16.5. The molecule has 1 aliphatic rings. The van der Waals surface area contributed by atoms with E-state index in [9.17, 15) is 9.59 Å². The normalized spacial score (nSPS) is 16.6. The number of hydroxylamine groups is 1. The molecule has 5 heteroatoms. The number of benzene rings is 1. The van der Waals surface area contributed by atoms with Crippen LogP contribution in [0.4, 0.5) is 0 Å². The number of likely N-dealkylation sites (N-methyl/N-ethyl adjacent to an activating group) is 1. The number of carbonyl (C=O) groups excluding carboxylic acids is 2. The summed E-state index contributed by atoms with van der Waals surface area (Å²) in [4.78, 5) is 26.4. The third kappa shape index (κ3) is 3.96. The third-order valence-corrected chi connectivity index (χ3v) is 5.03. The molecule has 1 fully saturated rings. The van der Waals surface area contributed by atoms with Gasteiger partial charge in [-0.3, -0.25) is 14.8 Å². The molecule has 2 rings (SSSR count). The van der Waals surface area contributed by atoms with Crippen LogP contribution in [0.25, 0.3) is 0 Å². The van der Waals surface area contributed by atoms with Crippen molar-refractivity contribution >= 4 is 11.8 Å². The van der Waals surface area contributed by atoms with Gasteiger partial charge in [-0.1, -0.05) is 43.7 Å². The van der Waals surface area contributed by atoms with Gasteiger partial charge >= 0.3 is 0 Å². The minimum absolute atomic E-state index is 0.0115. The van der Waals surface area contributed by atoms with Crippen LogP contribution in [0.1, 0.15) is 44.2 Å². The maximum atomic E-state index is 12.9. The van der Waals surface area contributed by atoms with Gasteiger partial charge in [-0.05, 0) is 44.1 Å². The first kappa shape index (κ1) is 18.5. The monoisotopic (exact) mass is 332 g/mol. The Bertz CT molecular complexity index is 608. The molecule has 1 aliphatic carbocycles. The number of hydrogen-bond donors (Lipinski definition) is 2. The number of amides is 2. The first-order valence-corrected chi connectivity index (χ1v) is 8.57. The van der Waals surface area contributed by atoms with Crippen LogP contribution in [0, 0.1) is 18.3 Å². The molecule has 0 spiro atoms. The van der Waals surface area contributed by atoms with Gasteiger partial charge in [0.05, 0.1) is 0 Å². The van der Waals surface area contributed by atoms with Crippen molar-refractivity contribution in [2.24, 2.45) is 11.3 Å². The first-order chi connectivity index (χ1) is 11.3. The van der Waals surface area contributed by atoms with E-state index < -0.39 is 11.9 Å². The Morgan fingerprint density at radius 3 is 2.50 bits per heavy atom. The second kappa shape index (κ2) is 7.34. The zero-order chi connectivity index (χ0) is 17.9. The zero-order valence-corrected chi connectivity index (χ0v) is 15.0. The van der Waals surface area contributed by atoms with Crippen molar-refractivity contribution in [3.8, 4) is 0 Å². The standard InChI is InChI=1S/C19H28N2O3/c1-13(2)16(17(22)20-24)21(4)18(23)19(10-11-19)9-8-15-7-5-6-14(3)12-15/h5-7,12-13,16,24H,8-11H2,1-4H3,(H,20,22). The molecule has 5 nitrogen and oxygen atoms in total. The largest absolute Gasteiger partial charge is 0.333 e. The van der Waals surface area contributed by atoms with Crippen molar-refractivity contribution in [3.05, 3.63) is 35.4 Å². The van der Waals surface area contributed by atoms with E-state index in [4.69, 9.17) is 5.21 Å². The van der Waals surface area contributed by atoms with Gasteiger partial charge in [-0.15, -0.1) is 0 Å². The van der Waals surface area contributed by atoms with Gasteiger partial charge in [0.15, 0.2) is 0 Å². The fourth-order valence-corrected chi connectivity index (χ4v) is 3.47. The molecule has 0 radical (unpaired) electrons. The fourth-order valence-electron chi connectivity index (χ4n) is 3.47. The molecule has 2 N–H and O–H groups in total. The second-order valence-electron chi connectivity index (χ2n) is 7.35. The van der Waals surface area contributed by atoms with Crippen molar-refractivity contribution in [1.82, 2.24) is 10.4 Å². The maximum Gasteiger partial charge on any atom is 0.266 e. The highest BCUT2D eigenvalue weighted by Crippen LogP contribution is 2.51. The average Bonchev–Trinajstić information content (AvgIpc) is 3.33. The molecular weight excluding hydrogens is 304 g/mol. The number of hydrogen-bond acceptors (Lipinski definition) is 3. The lowest BCUT2D eigenvalue weighted by Crippen LogP contribution is -2.52. The van der Waals surface area contributed by atoms with Crippen molar-refractivity contribution in [2.75, 3.05) is 7.05 Å². The van der Waals surface area contributed by atoms with E-state index in [1.807, 2.05) is 19.9 Å². The van der Waals surface area contributed by atoms with E-state index >= 15 is 0 Å². The molecule has 1 aromatic carbocycles. The van der Waals surface area contributed by atoms with Crippen LogP contribution in [0.5, 0.6) is 0 Å². The predicted molar refractivity (Wildman–Crippen MR) is 92.5 cm³/mol. The molecule has 0 heterocycles. The van der Waals surface area contributed by atoms with Gasteiger partial charge in [-0.25, -0.2) is 5.48 Å². The van der Waals surface area contributed by atoms with Gasteiger partial charge in [-0.2, -0.15) is 0 Å². The molecule has 1 aromatic rings. The van der Waals surface area contributed by atoms with E-state index in [-0.39, 0.29) is 17.2 Å². The zero-order valence-electron chi connectivity index (χ0n) is 15.0. The van der Waals surface area contributed by atoms with Crippen LogP contribution < -0.4 is 5.48 Å². The Balaban J connectivity index is 2.05. The Hall–Kier alpha value is -1.88. The number of nitrogens with zero attached hydrogens (tertiary/aromatic N) is 1. The molecule has 0 aromatic heterocycles. The highest BCUT2D eigenvalue weighted by Gasteiger charge is 2.52. The van der Waals surface area contributed by atoms with Crippen LogP contribution >= 0.6 is 0 Å². The number of carbonyl (C=O) groups is 2. The Morgan fingerprint density at radius 2 is 2.00 bits per heavy atom. The van der Waals surface area contributed by atoms with Crippen molar-refractivity contribution < 1.29 is 14.8 Å². The summed E-state index contributed by atoms with van der Waals surface area (Å²) in [6, 6.07) is 7.70. The van der Waals surface area contributed by atoms with Gasteiger partial charge in [0, 0.05) is 12.5 Å². The van der Waals surface area contributed by atoms with Gasteiger partial charge in [0.2, 0.25) is 5.91 Å². The lowest BCUT2D eigenvalue weighted by molar-refractivity contribution is -0.148. The summed E-state index contributed by atoms with van der Waals surface area (Å²) in [5.41, 5.74) is 3.80. The smallest absolute Gasteiger partial charge is 0.266 e. The van der Waals surface area contributed by atoms with E-state index in [1.54, 1.807) is 12.5 Å². The van der Waals surface area contributed by atoms with Crippen LogP contribution in [0.2, 0.25) is 0 Å². The minimum atomic E-state index is -0.654. The predicted octanol–water partition coefficient (Wildman–Crippen LogP) is 2.70. The van der Waals surface area contributed by atoms with Crippen LogP contribution in [-0.4, -0.2) is 35.0 Å². The second-order valence-corrected chi connectivity index (χ2v) is 7.35. The van der Waals surface area contributed by atoms with Gasteiger partial charge in [0.25, 0.3) is 5.91 Å². The highest BCUT2D eigenvalue weighted by molar-refractivity contribution is 5.91. The van der Waals surface area contributed by atoms with E-state index in [2.05, 4.69) is 25.1 Å². The summed E-state index contributed by atoms with van der Waals surface area (Å²) in [5.74, 6) is -0.591. The number of aryl methyl sites for hydroxylation is 2. The first-order valence-electron chi connectivity index (χ1n) is 8.57. The van der Waals surface area contributed by atoms with Crippen molar-refractivity contribution in [3.63, 3.8) is 0 Å². The lowest BCUT2D eigenvalue weighted by Gasteiger charge is -2.32. The van der Waals surface area contributed by atoms with E-state index in [0.717, 1.165) is 25.7 Å². The lowest BCUT2D eigenvalue weighted by atomic mass is 9.93. The molecule has 1 saturated carbocycles. The molecular formula is C19H28N2O3. The Labute approximate surface area is 144 Å². The van der Waals surface area contributed by atoms with Crippen LogP contribution in [0.15, 0.2) is 24.3 Å². The SMILES string of the molecule is Cc1cccc(CCC2(C(=O)N(C)C(C(=O)NO)C(C)C)CC2)c1. The molecule has 24 heavy (non-hydrogen) atoms. The molecule has 0 aliphatic heterocycles. The molecule has 0 saturated heterocycles. The Kier molecular flexibility index (Phi) is 5.65. The summed E-state index contributed by atoms with van der Waals surface area (Å²) in [7, 11) is 1.66. The van der Waals surface area contributed by atoms with E-state index in [0.29, 0.717) is 0 Å². The van der Waals surface area contributed by atoms with Crippen molar-refractivity contribution in [2.45, 2.75) is 52.5 Å². The summed E-state index contributed by atoms with van der Waals surface area (Å²) >= 11 is 0. The number of rotatable bonds is 7. The third-order valence-electron chi connectivity index (χ3n) is 5.03. The van der Waals surface area contributed by atoms with E-state index in [1.165, 1.54) is 16.0 Å². The van der Waals surface area contributed by atoms with Crippen molar-refractivity contribution in [1.29, 1.82) is 0 Å². The van der Waals surface area contributed by atoms with Gasteiger partial charge in [0.1, 0.15) is 6.04 Å². The van der Waals surface area contributed by atoms with Gasteiger partial charge < -0.3 is 4.90 Å². The topological polar surface area (TPSA) is 69.6 Å². The fraction of sp³-hybridized carbons (Fsp3) is 0.579. The quantitative estimate of drug-likeness (QED) is 0.596. The molecule has 1 unspecified atom stereocenters. The summed E-state index contributed by atoms with van der Waals surface area (Å²) in [6.07, 6.45) is 3.39. The number of nitrogens with one attached hydrogen (secondary N) is 1. The van der Waals surface area contributed by atoms with Crippen LogP contribution in [0.3, 0.4) is 0 Å². The molecule has 1 atom stereocenters. The van der Waals surface area contributed by atoms with Crippen LogP contribution in [-0.2, 0) is 16.0 Å². The summed E-state index contributed by atoms with van der Waals surface area (Å²) in [5, 5.41) is 8.94. The Morgan fingerprint density at radius 1 is 1.33 bits per heavy atom.